The van der Waals surface area contributed by atoms with Gasteiger partial charge in [-0.3, -0.25) is 5.10 Å². The molecule has 5 nitrogen and oxygen atoms in total. The molecule has 1 fully saturated rings. The largest absolute Gasteiger partial charge is 0.338 e. The minimum atomic E-state index is 0.235. The molecule has 0 spiro atoms. The normalized spacial score (nSPS) is 22.7. The van der Waals surface area contributed by atoms with E-state index in [2.05, 4.69) is 33.9 Å². The fourth-order valence-corrected chi connectivity index (χ4v) is 2.89. The number of hydrogen-bond donors (Lipinski definition) is 2. The average molecular weight is 293 g/mol. The standard InChI is InChI=1S/C16H31N5/c1-3-4-5-6-7-8-9-15-18-16(20-19-15)21-11-10-13(2)14(17)12-21/h13-14H,3-12,17H2,1-2H3,(H,18,19,20). The molecule has 0 aromatic carbocycles. The number of H-pyrrole nitrogens is 1. The van der Waals surface area contributed by atoms with Crippen molar-refractivity contribution in [2.45, 2.75) is 71.3 Å². The van der Waals surface area contributed by atoms with E-state index in [0.717, 1.165) is 37.7 Å². The third-order valence-corrected chi connectivity index (χ3v) is 4.59. The van der Waals surface area contributed by atoms with E-state index in [1.54, 1.807) is 0 Å². The summed E-state index contributed by atoms with van der Waals surface area (Å²) in [4.78, 5) is 6.85. The van der Waals surface area contributed by atoms with E-state index >= 15 is 0 Å². The van der Waals surface area contributed by atoms with Crippen molar-refractivity contribution in [3.8, 4) is 0 Å². The maximum Gasteiger partial charge on any atom is 0.244 e. The van der Waals surface area contributed by atoms with Crippen molar-refractivity contribution in [3.63, 3.8) is 0 Å². The van der Waals surface area contributed by atoms with Gasteiger partial charge in [-0.1, -0.05) is 46.0 Å². The molecule has 1 saturated heterocycles. The first-order valence-electron chi connectivity index (χ1n) is 8.62. The second-order valence-corrected chi connectivity index (χ2v) is 6.48. The Bertz CT molecular complexity index is 403. The number of rotatable bonds is 8. The van der Waals surface area contributed by atoms with Crippen molar-refractivity contribution in [1.82, 2.24) is 15.2 Å². The van der Waals surface area contributed by atoms with Crippen LogP contribution in [0.1, 0.15) is 64.6 Å². The summed E-state index contributed by atoms with van der Waals surface area (Å²) in [5.74, 6) is 2.45. The lowest BCUT2D eigenvalue weighted by atomic mass is 9.95. The van der Waals surface area contributed by atoms with Crippen LogP contribution in [0.4, 0.5) is 5.95 Å². The molecular weight excluding hydrogens is 262 g/mol. The molecule has 2 rings (SSSR count). The zero-order chi connectivity index (χ0) is 15.1. The highest BCUT2D eigenvalue weighted by Gasteiger charge is 2.25. The lowest BCUT2D eigenvalue weighted by molar-refractivity contribution is 0.376. The quantitative estimate of drug-likeness (QED) is 0.723. The number of nitrogens with two attached hydrogens (primary N) is 1. The number of piperidine rings is 1. The lowest BCUT2D eigenvalue weighted by Gasteiger charge is -2.34. The predicted molar refractivity (Wildman–Crippen MR) is 87.4 cm³/mol. The van der Waals surface area contributed by atoms with Crippen LogP contribution in [0.3, 0.4) is 0 Å². The number of nitrogens with one attached hydrogen (secondary N) is 1. The van der Waals surface area contributed by atoms with Crippen LogP contribution in [0.5, 0.6) is 0 Å². The van der Waals surface area contributed by atoms with Crippen LogP contribution in [0.2, 0.25) is 0 Å². The van der Waals surface area contributed by atoms with Gasteiger partial charge in [-0.25, -0.2) is 0 Å². The molecule has 2 atom stereocenters. The third-order valence-electron chi connectivity index (χ3n) is 4.59. The van der Waals surface area contributed by atoms with Crippen LogP contribution in [0.15, 0.2) is 0 Å². The highest BCUT2D eigenvalue weighted by Crippen LogP contribution is 2.19. The Kier molecular flexibility index (Phi) is 6.49. The van der Waals surface area contributed by atoms with Gasteiger partial charge in [-0.2, -0.15) is 4.98 Å². The third kappa shape index (κ3) is 4.99. The first-order chi connectivity index (χ1) is 10.2. The molecule has 1 aromatic heterocycles. The number of aryl methyl sites for hydroxylation is 1. The summed E-state index contributed by atoms with van der Waals surface area (Å²) in [7, 11) is 0. The molecule has 1 aliphatic rings. The second kappa shape index (κ2) is 8.37. The molecule has 2 unspecified atom stereocenters. The molecule has 120 valence electrons. The minimum Gasteiger partial charge on any atom is -0.338 e. The topological polar surface area (TPSA) is 70.8 Å². The molecule has 0 radical (unpaired) electrons. The van der Waals surface area contributed by atoms with Crippen LogP contribution in [0.25, 0.3) is 0 Å². The maximum atomic E-state index is 6.14. The van der Waals surface area contributed by atoms with Gasteiger partial charge in [0, 0.05) is 25.6 Å². The number of nitrogens with zero attached hydrogens (tertiary/aromatic N) is 3. The summed E-state index contributed by atoms with van der Waals surface area (Å²) < 4.78 is 0. The smallest absolute Gasteiger partial charge is 0.244 e. The molecule has 1 aromatic rings. The molecule has 21 heavy (non-hydrogen) atoms. The highest BCUT2D eigenvalue weighted by molar-refractivity contribution is 5.30. The lowest BCUT2D eigenvalue weighted by Crippen LogP contribution is -2.48. The Labute approximate surface area is 128 Å². The first kappa shape index (κ1) is 16.3. The second-order valence-electron chi connectivity index (χ2n) is 6.48. The zero-order valence-electron chi connectivity index (χ0n) is 13.6. The van der Waals surface area contributed by atoms with E-state index in [1.165, 1.54) is 38.5 Å². The van der Waals surface area contributed by atoms with E-state index in [9.17, 15) is 0 Å². The molecule has 0 bridgehead atoms. The average Bonchev–Trinajstić information content (AvgIpc) is 2.94. The molecule has 3 N–H and O–H groups in total. The Morgan fingerprint density at radius 2 is 2.00 bits per heavy atom. The van der Waals surface area contributed by atoms with Gasteiger partial charge in [-0.15, -0.1) is 5.10 Å². The summed E-state index contributed by atoms with van der Waals surface area (Å²) in [5.41, 5.74) is 6.14. The SMILES string of the molecule is CCCCCCCCc1nc(N2CCC(C)C(N)C2)n[nH]1. The van der Waals surface area contributed by atoms with Crippen molar-refractivity contribution in [2.75, 3.05) is 18.0 Å². The van der Waals surface area contributed by atoms with E-state index in [0.29, 0.717) is 5.92 Å². The van der Waals surface area contributed by atoms with Crippen LogP contribution >= 0.6 is 0 Å². The molecule has 0 amide bonds. The van der Waals surface area contributed by atoms with E-state index in [4.69, 9.17) is 5.73 Å². The van der Waals surface area contributed by atoms with Crippen molar-refractivity contribution in [3.05, 3.63) is 5.82 Å². The zero-order valence-corrected chi connectivity index (χ0v) is 13.6. The maximum absolute atomic E-state index is 6.14. The van der Waals surface area contributed by atoms with Gasteiger partial charge in [0.15, 0.2) is 0 Å². The van der Waals surface area contributed by atoms with E-state index in [-0.39, 0.29) is 6.04 Å². The van der Waals surface area contributed by atoms with Gasteiger partial charge >= 0.3 is 0 Å². The summed E-state index contributed by atoms with van der Waals surface area (Å²) in [5, 5.41) is 7.45. The summed E-state index contributed by atoms with van der Waals surface area (Å²) >= 11 is 0. The number of hydrogen-bond acceptors (Lipinski definition) is 4. The Morgan fingerprint density at radius 1 is 1.24 bits per heavy atom. The monoisotopic (exact) mass is 293 g/mol. The number of unbranched alkanes of at least 4 members (excludes halogenated alkanes) is 5. The van der Waals surface area contributed by atoms with Crippen LogP contribution in [0, 0.1) is 5.92 Å². The van der Waals surface area contributed by atoms with Crippen molar-refractivity contribution >= 4 is 5.95 Å². The van der Waals surface area contributed by atoms with Gasteiger partial charge in [-0.05, 0) is 18.8 Å². The van der Waals surface area contributed by atoms with Gasteiger partial charge in [0.25, 0.3) is 0 Å². The minimum absolute atomic E-state index is 0.235. The van der Waals surface area contributed by atoms with Crippen LogP contribution in [-0.2, 0) is 6.42 Å². The summed E-state index contributed by atoms with van der Waals surface area (Å²) in [6.45, 7) is 6.37. The van der Waals surface area contributed by atoms with E-state index in [1.807, 2.05) is 0 Å². The van der Waals surface area contributed by atoms with Crippen LogP contribution < -0.4 is 10.6 Å². The predicted octanol–water partition coefficient (Wildman–Crippen LogP) is 2.88. The Balaban J connectivity index is 1.71. The van der Waals surface area contributed by atoms with Gasteiger partial charge in [0.2, 0.25) is 5.95 Å². The molecule has 5 heteroatoms. The first-order valence-corrected chi connectivity index (χ1v) is 8.62. The number of anilines is 1. The molecule has 0 saturated carbocycles. The molecule has 2 heterocycles. The van der Waals surface area contributed by atoms with Crippen molar-refractivity contribution in [2.24, 2.45) is 11.7 Å². The Morgan fingerprint density at radius 3 is 2.76 bits per heavy atom. The van der Waals surface area contributed by atoms with Gasteiger partial charge in [0.1, 0.15) is 5.82 Å². The molecule has 1 aliphatic heterocycles. The number of aromatic amines is 1. The summed E-state index contributed by atoms with van der Waals surface area (Å²) in [6.07, 6.45) is 10.0. The fourth-order valence-electron chi connectivity index (χ4n) is 2.89. The van der Waals surface area contributed by atoms with Gasteiger partial charge in [0.05, 0.1) is 0 Å². The Hall–Kier alpha value is -1.10. The molecular formula is C16H31N5. The number of aromatic nitrogens is 3. The van der Waals surface area contributed by atoms with Crippen LogP contribution in [-0.4, -0.2) is 34.3 Å². The fraction of sp³-hybridized carbons (Fsp3) is 0.875. The summed E-state index contributed by atoms with van der Waals surface area (Å²) in [6, 6.07) is 0.235. The van der Waals surface area contributed by atoms with E-state index < -0.39 is 0 Å². The molecule has 0 aliphatic carbocycles. The van der Waals surface area contributed by atoms with Crippen molar-refractivity contribution in [1.29, 1.82) is 0 Å². The highest BCUT2D eigenvalue weighted by atomic mass is 15.4. The van der Waals surface area contributed by atoms with Crippen molar-refractivity contribution < 1.29 is 0 Å². The van der Waals surface area contributed by atoms with Gasteiger partial charge < -0.3 is 10.6 Å².